The van der Waals surface area contributed by atoms with Crippen LogP contribution in [0.3, 0.4) is 0 Å². The first-order valence-corrected chi connectivity index (χ1v) is 9.54. The third-order valence-electron chi connectivity index (χ3n) is 4.41. The van der Waals surface area contributed by atoms with Gasteiger partial charge in [0, 0.05) is 6.20 Å². The number of fused-ring (bicyclic) bond motifs is 1. The molecule has 8 nitrogen and oxygen atoms in total. The molecule has 4 rings (SSSR count). The third-order valence-corrected chi connectivity index (χ3v) is 4.41. The van der Waals surface area contributed by atoms with Gasteiger partial charge in [0.15, 0.2) is 0 Å². The van der Waals surface area contributed by atoms with Crippen molar-refractivity contribution in [2.45, 2.75) is 19.6 Å². The number of guanidine groups is 1. The molecule has 11 heteroatoms. The van der Waals surface area contributed by atoms with Crippen LogP contribution in [0.15, 0.2) is 65.4 Å². The molecular weight excluding hydrogens is 439 g/mol. The van der Waals surface area contributed by atoms with Crippen molar-refractivity contribution in [1.29, 1.82) is 0 Å². The fourth-order valence-electron chi connectivity index (χ4n) is 2.72. The van der Waals surface area contributed by atoms with Crippen molar-refractivity contribution in [3.8, 4) is 0 Å². The first-order valence-electron chi connectivity index (χ1n) is 9.54. The van der Waals surface area contributed by atoms with Crippen LogP contribution in [0.2, 0.25) is 0 Å². The first kappa shape index (κ1) is 23.4. The number of nitrogens with one attached hydrogen (secondary N) is 2. The summed E-state index contributed by atoms with van der Waals surface area (Å²) < 4.78 is 31.7. The lowest BCUT2D eigenvalue weighted by Gasteiger charge is -2.02. The summed E-state index contributed by atoms with van der Waals surface area (Å²) in [5.41, 5.74) is 5.00. The van der Waals surface area contributed by atoms with E-state index in [1.54, 1.807) is 12.3 Å². The van der Waals surface area contributed by atoms with E-state index in [0.717, 1.165) is 16.6 Å². The molecule has 1 saturated heterocycles. The molecule has 0 radical (unpaired) electrons. The number of hydrogen-bond acceptors (Lipinski definition) is 5. The Morgan fingerprint density at radius 3 is 2.52 bits per heavy atom. The van der Waals surface area contributed by atoms with E-state index in [9.17, 15) is 18.0 Å². The molecule has 0 atom stereocenters. The third kappa shape index (κ3) is 6.35. The molecule has 3 heterocycles. The van der Waals surface area contributed by atoms with Gasteiger partial charge in [0.1, 0.15) is 5.70 Å². The Morgan fingerprint density at radius 2 is 1.82 bits per heavy atom. The van der Waals surface area contributed by atoms with Crippen molar-refractivity contribution in [2.24, 2.45) is 4.99 Å². The van der Waals surface area contributed by atoms with E-state index < -0.39 is 12.1 Å². The summed E-state index contributed by atoms with van der Waals surface area (Å²) in [7, 11) is 0. The highest BCUT2D eigenvalue weighted by atomic mass is 19.4. The predicted octanol–water partition coefficient (Wildman–Crippen LogP) is 3.19. The number of aliphatic imine (C=N–C) groups is 1. The number of aromatic nitrogens is 2. The Hall–Kier alpha value is -4.28. The first-order chi connectivity index (χ1) is 15.6. The largest absolute Gasteiger partial charge is 0.490 e. The summed E-state index contributed by atoms with van der Waals surface area (Å²) in [6, 6.07) is 15.5. The molecule has 2 aromatic heterocycles. The summed E-state index contributed by atoms with van der Waals surface area (Å²) in [4.78, 5) is 34.3. The van der Waals surface area contributed by atoms with Crippen LogP contribution in [0, 0.1) is 6.92 Å². The van der Waals surface area contributed by atoms with Crippen LogP contribution in [0.4, 0.5) is 13.2 Å². The van der Waals surface area contributed by atoms with E-state index in [2.05, 4.69) is 25.6 Å². The van der Waals surface area contributed by atoms with Crippen molar-refractivity contribution in [1.82, 2.24) is 20.6 Å². The van der Waals surface area contributed by atoms with Gasteiger partial charge < -0.3 is 10.4 Å². The zero-order valence-electron chi connectivity index (χ0n) is 17.2. The molecular formula is C22H18F3N5O3. The summed E-state index contributed by atoms with van der Waals surface area (Å²) in [6.45, 7) is 2.55. The Morgan fingerprint density at radius 1 is 1.09 bits per heavy atom. The summed E-state index contributed by atoms with van der Waals surface area (Å²) in [5, 5.41) is 12.9. The van der Waals surface area contributed by atoms with Gasteiger partial charge in [0.05, 0.1) is 23.3 Å². The van der Waals surface area contributed by atoms with Gasteiger partial charge >= 0.3 is 12.1 Å². The lowest BCUT2D eigenvalue weighted by atomic mass is 10.1. The number of pyridine rings is 2. The maximum Gasteiger partial charge on any atom is 0.490 e. The minimum atomic E-state index is -5.08. The van der Waals surface area contributed by atoms with Gasteiger partial charge in [0.2, 0.25) is 5.96 Å². The SMILES string of the molecule is Cc1ccccc1CN=C1NC(=O)/C(=C/c2ccc3ncccc3n2)N1.O=C(O)C(F)(F)F. The van der Waals surface area contributed by atoms with Gasteiger partial charge in [-0.3, -0.25) is 15.1 Å². The highest BCUT2D eigenvalue weighted by Gasteiger charge is 2.38. The number of rotatable bonds is 3. The second-order valence-electron chi connectivity index (χ2n) is 6.81. The number of nitrogens with zero attached hydrogens (tertiary/aromatic N) is 3. The molecule has 1 amide bonds. The van der Waals surface area contributed by atoms with E-state index in [1.165, 1.54) is 5.56 Å². The molecule has 170 valence electrons. The second-order valence-corrected chi connectivity index (χ2v) is 6.81. The maximum atomic E-state index is 12.2. The molecule has 1 aliphatic rings. The normalized spacial score (nSPS) is 15.7. The van der Waals surface area contributed by atoms with Crippen LogP contribution in [0.5, 0.6) is 0 Å². The van der Waals surface area contributed by atoms with Crippen LogP contribution < -0.4 is 10.6 Å². The van der Waals surface area contributed by atoms with E-state index in [4.69, 9.17) is 9.90 Å². The van der Waals surface area contributed by atoms with Gasteiger partial charge in [-0.15, -0.1) is 0 Å². The molecule has 1 fully saturated rings. The molecule has 3 aromatic rings. The molecule has 3 N–H and O–H groups in total. The molecule has 0 aliphatic carbocycles. The Balaban J connectivity index is 0.000000383. The summed E-state index contributed by atoms with van der Waals surface area (Å²) in [6.07, 6.45) is -1.65. The van der Waals surface area contributed by atoms with Gasteiger partial charge in [-0.05, 0) is 48.4 Å². The number of alkyl halides is 3. The van der Waals surface area contributed by atoms with E-state index in [-0.39, 0.29) is 5.91 Å². The molecule has 0 bridgehead atoms. The van der Waals surface area contributed by atoms with Gasteiger partial charge in [-0.25, -0.2) is 14.8 Å². The average molecular weight is 457 g/mol. The Kier molecular flexibility index (Phi) is 7.01. The van der Waals surface area contributed by atoms with E-state index in [0.29, 0.717) is 23.9 Å². The van der Waals surface area contributed by atoms with Gasteiger partial charge in [-0.1, -0.05) is 24.3 Å². The van der Waals surface area contributed by atoms with Crippen molar-refractivity contribution >= 4 is 34.9 Å². The Bertz CT molecular complexity index is 1260. The second kappa shape index (κ2) is 9.90. The molecule has 33 heavy (non-hydrogen) atoms. The van der Waals surface area contributed by atoms with Crippen molar-refractivity contribution in [3.63, 3.8) is 0 Å². The van der Waals surface area contributed by atoms with Crippen molar-refractivity contribution < 1.29 is 27.9 Å². The highest BCUT2D eigenvalue weighted by molar-refractivity contribution is 6.15. The summed E-state index contributed by atoms with van der Waals surface area (Å²) >= 11 is 0. The standard InChI is InChI=1S/C20H17N5O.C2HF3O2/c1-13-5-2-3-6-14(13)12-22-20-24-18(19(26)25-20)11-15-8-9-16-17(23-15)7-4-10-21-16;3-2(4,5)1(6)7/h2-11H,12H2,1H3,(H2,22,24,25,26);(H,6,7)/b18-11-;. The van der Waals surface area contributed by atoms with Crippen LogP contribution in [0.1, 0.15) is 16.8 Å². The topological polar surface area (TPSA) is 117 Å². The zero-order valence-corrected chi connectivity index (χ0v) is 17.2. The fraction of sp³-hybridized carbons (Fsp3) is 0.136. The number of carbonyl (C=O) groups is 2. The number of carboxylic acids is 1. The number of carboxylic acid groups (broad SMARTS) is 1. The molecule has 1 aliphatic heterocycles. The van der Waals surface area contributed by atoms with E-state index >= 15 is 0 Å². The number of aliphatic carboxylic acids is 1. The number of carbonyl (C=O) groups excluding carboxylic acids is 1. The number of amides is 1. The number of benzene rings is 1. The highest BCUT2D eigenvalue weighted by Crippen LogP contribution is 2.14. The smallest absolute Gasteiger partial charge is 0.475 e. The predicted molar refractivity (Wildman–Crippen MR) is 115 cm³/mol. The molecule has 1 aromatic carbocycles. The summed E-state index contributed by atoms with van der Waals surface area (Å²) in [5.74, 6) is -2.53. The van der Waals surface area contributed by atoms with Crippen LogP contribution >= 0.6 is 0 Å². The van der Waals surface area contributed by atoms with Gasteiger partial charge in [0.25, 0.3) is 5.91 Å². The fourth-order valence-corrected chi connectivity index (χ4v) is 2.72. The lowest BCUT2D eigenvalue weighted by Crippen LogP contribution is -2.25. The zero-order chi connectivity index (χ0) is 24.0. The molecule has 0 spiro atoms. The van der Waals surface area contributed by atoms with E-state index in [1.807, 2.05) is 55.5 Å². The number of halogens is 3. The van der Waals surface area contributed by atoms with Crippen LogP contribution in [-0.2, 0) is 16.1 Å². The monoisotopic (exact) mass is 457 g/mol. The minimum absolute atomic E-state index is 0.221. The molecule has 0 unspecified atom stereocenters. The quantitative estimate of drug-likeness (QED) is 0.520. The van der Waals surface area contributed by atoms with Crippen LogP contribution in [-0.4, -0.2) is 39.1 Å². The van der Waals surface area contributed by atoms with Crippen molar-refractivity contribution in [2.75, 3.05) is 0 Å². The number of hydrogen-bond donors (Lipinski definition) is 3. The van der Waals surface area contributed by atoms with Crippen LogP contribution in [0.25, 0.3) is 17.1 Å². The van der Waals surface area contributed by atoms with Gasteiger partial charge in [-0.2, -0.15) is 13.2 Å². The maximum absolute atomic E-state index is 12.2. The lowest BCUT2D eigenvalue weighted by molar-refractivity contribution is -0.192. The minimum Gasteiger partial charge on any atom is -0.475 e. The number of aryl methyl sites for hydroxylation is 1. The Labute approximate surface area is 185 Å². The van der Waals surface area contributed by atoms with Crippen molar-refractivity contribution in [3.05, 3.63) is 77.2 Å². The average Bonchev–Trinajstić information content (AvgIpc) is 3.12. The molecule has 0 saturated carbocycles.